The molecule has 0 radical (unpaired) electrons. The van der Waals surface area contributed by atoms with E-state index in [4.69, 9.17) is 10.2 Å². The molecule has 0 saturated heterocycles. The molecule has 1 aliphatic carbocycles. The first-order chi connectivity index (χ1) is 8.33. The van der Waals surface area contributed by atoms with E-state index in [0.29, 0.717) is 23.5 Å². The van der Waals surface area contributed by atoms with Crippen LogP contribution >= 0.6 is 0 Å². The SMILES string of the molecule is NC1=CCC(c2nc3ncccc3o2)=CC=C1. The molecule has 4 nitrogen and oxygen atoms in total. The van der Waals surface area contributed by atoms with Crippen LogP contribution in [0.25, 0.3) is 16.8 Å². The Labute approximate surface area is 98.2 Å². The van der Waals surface area contributed by atoms with Crippen molar-refractivity contribution < 1.29 is 4.42 Å². The maximum atomic E-state index is 5.73. The van der Waals surface area contributed by atoms with E-state index >= 15 is 0 Å². The first-order valence-corrected chi connectivity index (χ1v) is 5.38. The maximum Gasteiger partial charge on any atom is 0.225 e. The standard InChI is InChI=1S/C13H11N3O/c14-10-4-1-3-9(6-7-10)13-16-12-11(17-13)5-2-8-15-12/h1-5,7-8H,6,14H2. The van der Waals surface area contributed by atoms with Gasteiger partial charge >= 0.3 is 0 Å². The number of rotatable bonds is 1. The topological polar surface area (TPSA) is 64.9 Å². The summed E-state index contributed by atoms with van der Waals surface area (Å²) in [4.78, 5) is 8.50. The lowest BCUT2D eigenvalue weighted by molar-refractivity contribution is 0.582. The second-order valence-electron chi connectivity index (χ2n) is 3.80. The fourth-order valence-electron chi connectivity index (χ4n) is 1.70. The van der Waals surface area contributed by atoms with Gasteiger partial charge in [0.2, 0.25) is 5.89 Å². The van der Waals surface area contributed by atoms with Gasteiger partial charge in [-0.1, -0.05) is 18.2 Å². The third-order valence-electron chi connectivity index (χ3n) is 2.58. The van der Waals surface area contributed by atoms with Crippen LogP contribution in [0.2, 0.25) is 0 Å². The van der Waals surface area contributed by atoms with Crippen LogP contribution in [0.1, 0.15) is 12.3 Å². The van der Waals surface area contributed by atoms with Crippen LogP contribution in [0.5, 0.6) is 0 Å². The van der Waals surface area contributed by atoms with Gasteiger partial charge in [-0.25, -0.2) is 4.98 Å². The molecule has 0 aromatic carbocycles. The number of oxazole rings is 1. The number of pyridine rings is 1. The van der Waals surface area contributed by atoms with Crippen LogP contribution in [-0.2, 0) is 0 Å². The van der Waals surface area contributed by atoms with Crippen LogP contribution in [0.4, 0.5) is 0 Å². The van der Waals surface area contributed by atoms with Crippen LogP contribution in [-0.4, -0.2) is 9.97 Å². The van der Waals surface area contributed by atoms with Crippen molar-refractivity contribution >= 4 is 16.8 Å². The minimum Gasteiger partial charge on any atom is -0.435 e. The zero-order chi connectivity index (χ0) is 11.7. The van der Waals surface area contributed by atoms with Gasteiger partial charge in [0, 0.05) is 17.5 Å². The third kappa shape index (κ3) is 1.85. The zero-order valence-corrected chi connectivity index (χ0v) is 9.13. The number of nitrogens with zero attached hydrogens (tertiary/aromatic N) is 2. The first-order valence-electron chi connectivity index (χ1n) is 5.38. The molecular weight excluding hydrogens is 214 g/mol. The maximum absolute atomic E-state index is 5.73. The predicted octanol–water partition coefficient (Wildman–Crippen LogP) is 2.41. The molecule has 0 unspecified atom stereocenters. The van der Waals surface area contributed by atoms with Crippen LogP contribution < -0.4 is 5.73 Å². The van der Waals surface area contributed by atoms with Gasteiger partial charge in [-0.15, -0.1) is 0 Å². The lowest BCUT2D eigenvalue weighted by atomic mass is 10.2. The quantitative estimate of drug-likeness (QED) is 0.809. The molecule has 3 rings (SSSR count). The largest absolute Gasteiger partial charge is 0.435 e. The Morgan fingerprint density at radius 2 is 2.29 bits per heavy atom. The Morgan fingerprint density at radius 3 is 3.18 bits per heavy atom. The second-order valence-corrected chi connectivity index (χ2v) is 3.80. The van der Waals surface area contributed by atoms with Gasteiger partial charge < -0.3 is 10.2 Å². The fraction of sp³-hybridized carbons (Fsp3) is 0.0769. The average molecular weight is 225 g/mol. The van der Waals surface area contributed by atoms with Gasteiger partial charge in [0.25, 0.3) is 0 Å². The van der Waals surface area contributed by atoms with E-state index in [9.17, 15) is 0 Å². The molecule has 84 valence electrons. The Balaban J connectivity index is 2.04. The molecule has 2 aromatic rings. The Bertz CT molecular complexity index is 614. The Morgan fingerprint density at radius 1 is 1.35 bits per heavy atom. The number of hydrogen-bond acceptors (Lipinski definition) is 4. The van der Waals surface area contributed by atoms with Crippen LogP contribution in [0.15, 0.2) is 52.7 Å². The molecule has 0 spiro atoms. The van der Waals surface area contributed by atoms with Gasteiger partial charge in [-0.2, -0.15) is 4.98 Å². The summed E-state index contributed by atoms with van der Waals surface area (Å²) >= 11 is 0. The molecule has 0 aliphatic heterocycles. The zero-order valence-electron chi connectivity index (χ0n) is 9.13. The fourth-order valence-corrected chi connectivity index (χ4v) is 1.70. The molecule has 1 aliphatic rings. The third-order valence-corrected chi connectivity index (χ3v) is 2.58. The summed E-state index contributed by atoms with van der Waals surface area (Å²) in [5, 5.41) is 0. The molecule has 0 saturated carbocycles. The van der Waals surface area contributed by atoms with E-state index in [2.05, 4.69) is 9.97 Å². The summed E-state index contributed by atoms with van der Waals surface area (Å²) in [6.45, 7) is 0. The minimum absolute atomic E-state index is 0.606. The van der Waals surface area contributed by atoms with Gasteiger partial charge in [-0.05, 0) is 24.6 Å². The molecule has 17 heavy (non-hydrogen) atoms. The molecule has 2 aromatic heterocycles. The van der Waals surface area contributed by atoms with E-state index in [1.165, 1.54) is 0 Å². The predicted molar refractivity (Wildman–Crippen MR) is 65.8 cm³/mol. The van der Waals surface area contributed by atoms with E-state index < -0.39 is 0 Å². The molecular formula is C13H11N3O. The van der Waals surface area contributed by atoms with E-state index in [1.807, 2.05) is 36.4 Å². The molecule has 0 amide bonds. The summed E-state index contributed by atoms with van der Waals surface area (Å²) in [6.07, 6.45) is 10.1. The Kier molecular flexibility index (Phi) is 2.26. The van der Waals surface area contributed by atoms with E-state index in [0.717, 1.165) is 11.3 Å². The van der Waals surface area contributed by atoms with Crippen molar-refractivity contribution in [3.05, 3.63) is 54.2 Å². The van der Waals surface area contributed by atoms with Crippen molar-refractivity contribution in [2.75, 3.05) is 0 Å². The number of aromatic nitrogens is 2. The molecule has 0 bridgehead atoms. The first kappa shape index (κ1) is 9.84. The highest BCUT2D eigenvalue weighted by atomic mass is 16.3. The molecule has 4 heteroatoms. The highest BCUT2D eigenvalue weighted by Gasteiger charge is 2.10. The summed E-state index contributed by atoms with van der Waals surface area (Å²) in [5.41, 5.74) is 8.82. The number of allylic oxidation sites excluding steroid dienone is 5. The van der Waals surface area contributed by atoms with Crippen molar-refractivity contribution in [3.63, 3.8) is 0 Å². The van der Waals surface area contributed by atoms with Gasteiger partial charge in [-0.3, -0.25) is 0 Å². The molecule has 0 fully saturated rings. The Hall–Kier alpha value is -2.36. The average Bonchev–Trinajstić information content (AvgIpc) is 2.65. The van der Waals surface area contributed by atoms with Crippen molar-refractivity contribution in [2.24, 2.45) is 5.73 Å². The lowest BCUT2D eigenvalue weighted by Crippen LogP contribution is -1.91. The number of nitrogens with two attached hydrogens (primary N) is 1. The number of fused-ring (bicyclic) bond motifs is 1. The van der Waals surface area contributed by atoms with Crippen molar-refractivity contribution in [1.82, 2.24) is 9.97 Å². The summed E-state index contributed by atoms with van der Waals surface area (Å²) in [6, 6.07) is 3.69. The molecule has 2 N–H and O–H groups in total. The second kappa shape index (κ2) is 3.90. The van der Waals surface area contributed by atoms with Crippen LogP contribution in [0, 0.1) is 0 Å². The summed E-state index contributed by atoms with van der Waals surface area (Å²) in [5.74, 6) is 0.606. The summed E-state index contributed by atoms with van der Waals surface area (Å²) in [7, 11) is 0. The van der Waals surface area contributed by atoms with Crippen LogP contribution in [0.3, 0.4) is 0 Å². The number of hydrogen-bond donors (Lipinski definition) is 1. The normalized spacial score (nSPS) is 15.5. The minimum atomic E-state index is 0.606. The smallest absolute Gasteiger partial charge is 0.225 e. The van der Waals surface area contributed by atoms with Gasteiger partial charge in [0.05, 0.1) is 0 Å². The monoisotopic (exact) mass is 225 g/mol. The van der Waals surface area contributed by atoms with Gasteiger partial charge in [0.15, 0.2) is 11.2 Å². The van der Waals surface area contributed by atoms with Crippen molar-refractivity contribution in [1.29, 1.82) is 0 Å². The molecule has 0 atom stereocenters. The van der Waals surface area contributed by atoms with Gasteiger partial charge in [0.1, 0.15) is 0 Å². The van der Waals surface area contributed by atoms with Crippen molar-refractivity contribution in [2.45, 2.75) is 6.42 Å². The summed E-state index contributed by atoms with van der Waals surface area (Å²) < 4.78 is 5.65. The van der Waals surface area contributed by atoms with E-state index in [-0.39, 0.29) is 0 Å². The van der Waals surface area contributed by atoms with Crippen molar-refractivity contribution in [3.8, 4) is 0 Å². The van der Waals surface area contributed by atoms with E-state index in [1.54, 1.807) is 6.20 Å². The highest BCUT2D eigenvalue weighted by molar-refractivity contribution is 5.73. The lowest BCUT2D eigenvalue weighted by Gasteiger charge is -1.95. The highest BCUT2D eigenvalue weighted by Crippen LogP contribution is 2.23. The molecule has 2 heterocycles.